The summed E-state index contributed by atoms with van der Waals surface area (Å²) in [6.07, 6.45) is 5.49. The molecule has 0 bridgehead atoms. The molecule has 0 amide bonds. The Bertz CT molecular complexity index is 171. The van der Waals surface area contributed by atoms with E-state index in [1.54, 1.807) is 0 Å². The van der Waals surface area contributed by atoms with Gasteiger partial charge in [-0.05, 0) is 55.1 Å². The van der Waals surface area contributed by atoms with Crippen LogP contribution in [0, 0.1) is 5.92 Å². The van der Waals surface area contributed by atoms with Crippen LogP contribution in [0.2, 0.25) is 0 Å². The monoisotopic (exact) mass is 213 g/mol. The van der Waals surface area contributed by atoms with Gasteiger partial charge < -0.3 is 0 Å². The predicted molar refractivity (Wildman–Crippen MR) is 65.8 cm³/mol. The summed E-state index contributed by atoms with van der Waals surface area (Å²) in [5.41, 5.74) is 0. The second-order valence-corrected chi connectivity index (χ2v) is 5.35. The third-order valence-corrected chi connectivity index (χ3v) is 3.88. The van der Waals surface area contributed by atoms with Crippen LogP contribution in [0.15, 0.2) is 0 Å². The smallest absolute Gasteiger partial charge is 0.132 e. The van der Waals surface area contributed by atoms with E-state index in [0.717, 1.165) is 5.92 Å². The molecule has 0 radical (unpaired) electrons. The maximum absolute atomic E-state index is 2.36. The van der Waals surface area contributed by atoms with Gasteiger partial charge in [-0.2, -0.15) is 0 Å². The van der Waals surface area contributed by atoms with Crippen LogP contribution in [0.25, 0.3) is 0 Å². The summed E-state index contributed by atoms with van der Waals surface area (Å²) in [4.78, 5) is 7.09. The Kier molecular flexibility index (Phi) is 4.15. The Balaban J connectivity index is 3.00. The molecule has 1 aliphatic rings. The molecule has 15 heavy (non-hydrogen) atoms. The first-order chi connectivity index (χ1) is 6.94. The highest BCUT2D eigenvalue weighted by atomic mass is 15.5. The van der Waals surface area contributed by atoms with E-state index in [1.165, 1.54) is 25.7 Å². The first-order valence-corrected chi connectivity index (χ1v) is 5.96. The van der Waals surface area contributed by atoms with E-state index in [9.17, 15) is 0 Å². The minimum atomic E-state index is 0.0799. The van der Waals surface area contributed by atoms with Gasteiger partial charge in [-0.1, -0.05) is 12.8 Å². The Morgan fingerprint density at radius 3 is 1.33 bits per heavy atom. The van der Waals surface area contributed by atoms with Crippen LogP contribution in [0.5, 0.6) is 0 Å². The molecule has 0 spiro atoms. The van der Waals surface area contributed by atoms with Crippen molar-refractivity contribution in [3.8, 4) is 0 Å². The van der Waals surface area contributed by atoms with E-state index in [-0.39, 0.29) is 5.79 Å². The van der Waals surface area contributed by atoms with Crippen molar-refractivity contribution < 1.29 is 0 Å². The largest absolute Gasteiger partial charge is 0.279 e. The fourth-order valence-electron chi connectivity index (χ4n) is 3.61. The van der Waals surface area contributed by atoms with Crippen LogP contribution in [0.1, 0.15) is 25.7 Å². The second kappa shape index (κ2) is 4.81. The molecular formula is C12H27N3. The SMILES string of the molecule is CN(C)C(C1CCCC1)(N(C)C)N(C)C. The zero-order valence-corrected chi connectivity index (χ0v) is 11.2. The van der Waals surface area contributed by atoms with Crippen molar-refractivity contribution >= 4 is 0 Å². The van der Waals surface area contributed by atoms with Crippen molar-refractivity contribution in [3.63, 3.8) is 0 Å². The Morgan fingerprint density at radius 2 is 1.07 bits per heavy atom. The maximum Gasteiger partial charge on any atom is 0.132 e. The molecule has 0 aromatic rings. The molecule has 0 N–H and O–H groups in total. The molecule has 1 fully saturated rings. The summed E-state index contributed by atoms with van der Waals surface area (Å²) in [6, 6.07) is 0. The molecule has 90 valence electrons. The molecule has 0 unspecified atom stereocenters. The minimum absolute atomic E-state index is 0.0799. The van der Waals surface area contributed by atoms with Crippen LogP contribution in [0.3, 0.4) is 0 Å². The standard InChI is InChI=1S/C12H27N3/c1-13(2)12(14(3)4,15(5)6)11-9-7-8-10-11/h11H,7-10H2,1-6H3. The Morgan fingerprint density at radius 1 is 0.733 bits per heavy atom. The lowest BCUT2D eigenvalue weighted by Gasteiger charge is -2.53. The van der Waals surface area contributed by atoms with Gasteiger partial charge in [0.1, 0.15) is 5.79 Å². The molecule has 3 heteroatoms. The lowest BCUT2D eigenvalue weighted by Crippen LogP contribution is -2.67. The van der Waals surface area contributed by atoms with E-state index in [1.807, 2.05) is 0 Å². The predicted octanol–water partition coefficient (Wildman–Crippen LogP) is 1.52. The number of nitrogens with zero attached hydrogens (tertiary/aromatic N) is 3. The average molecular weight is 213 g/mol. The molecule has 1 aliphatic carbocycles. The highest BCUT2D eigenvalue weighted by Gasteiger charge is 2.45. The van der Waals surface area contributed by atoms with Crippen molar-refractivity contribution in [2.75, 3.05) is 42.3 Å². The summed E-state index contributed by atoms with van der Waals surface area (Å²) in [7, 11) is 13.2. The van der Waals surface area contributed by atoms with Gasteiger partial charge in [-0.3, -0.25) is 14.7 Å². The molecule has 1 rings (SSSR count). The molecule has 0 atom stereocenters. The maximum atomic E-state index is 2.36. The topological polar surface area (TPSA) is 9.72 Å². The third kappa shape index (κ3) is 2.05. The average Bonchev–Trinajstić information content (AvgIpc) is 2.55. The zero-order valence-electron chi connectivity index (χ0n) is 11.2. The molecule has 0 saturated heterocycles. The van der Waals surface area contributed by atoms with Crippen LogP contribution in [0.4, 0.5) is 0 Å². The van der Waals surface area contributed by atoms with Crippen LogP contribution in [-0.2, 0) is 0 Å². The van der Waals surface area contributed by atoms with Gasteiger partial charge in [0.25, 0.3) is 0 Å². The van der Waals surface area contributed by atoms with Crippen LogP contribution < -0.4 is 0 Å². The summed E-state index contributed by atoms with van der Waals surface area (Å²) >= 11 is 0. The van der Waals surface area contributed by atoms with Gasteiger partial charge in [0.15, 0.2) is 0 Å². The van der Waals surface area contributed by atoms with E-state index >= 15 is 0 Å². The normalized spacial score (nSPS) is 19.8. The van der Waals surface area contributed by atoms with Crippen molar-refractivity contribution in [2.45, 2.75) is 31.5 Å². The van der Waals surface area contributed by atoms with Gasteiger partial charge in [0.2, 0.25) is 0 Å². The summed E-state index contributed by atoms with van der Waals surface area (Å²) < 4.78 is 0. The lowest BCUT2D eigenvalue weighted by atomic mass is 9.95. The van der Waals surface area contributed by atoms with Crippen molar-refractivity contribution in [2.24, 2.45) is 5.92 Å². The highest BCUT2D eigenvalue weighted by Crippen LogP contribution is 2.39. The molecular weight excluding hydrogens is 186 g/mol. The van der Waals surface area contributed by atoms with Gasteiger partial charge in [-0.15, -0.1) is 0 Å². The summed E-state index contributed by atoms with van der Waals surface area (Å²) in [5, 5.41) is 0. The van der Waals surface area contributed by atoms with Crippen molar-refractivity contribution in [3.05, 3.63) is 0 Å². The first kappa shape index (κ1) is 12.9. The molecule has 1 saturated carbocycles. The fraction of sp³-hybridized carbons (Fsp3) is 1.00. The summed E-state index contributed by atoms with van der Waals surface area (Å²) in [5.74, 6) is 0.841. The van der Waals surface area contributed by atoms with E-state index in [4.69, 9.17) is 0 Å². The molecule has 0 heterocycles. The number of rotatable bonds is 4. The van der Waals surface area contributed by atoms with E-state index < -0.39 is 0 Å². The number of hydrogen-bond acceptors (Lipinski definition) is 3. The molecule has 3 nitrogen and oxygen atoms in total. The summed E-state index contributed by atoms with van der Waals surface area (Å²) in [6.45, 7) is 0. The highest BCUT2D eigenvalue weighted by molar-refractivity contribution is 4.92. The van der Waals surface area contributed by atoms with E-state index in [2.05, 4.69) is 57.0 Å². The van der Waals surface area contributed by atoms with Gasteiger partial charge in [0, 0.05) is 5.92 Å². The van der Waals surface area contributed by atoms with Crippen LogP contribution >= 0.6 is 0 Å². The Hall–Kier alpha value is -0.120. The third-order valence-electron chi connectivity index (χ3n) is 3.88. The fourth-order valence-corrected chi connectivity index (χ4v) is 3.61. The Labute approximate surface area is 95.0 Å². The molecule has 0 aromatic carbocycles. The molecule has 0 aliphatic heterocycles. The molecule has 0 aromatic heterocycles. The quantitative estimate of drug-likeness (QED) is 0.656. The van der Waals surface area contributed by atoms with Crippen molar-refractivity contribution in [1.82, 2.24) is 14.7 Å². The zero-order chi connectivity index (χ0) is 11.6. The van der Waals surface area contributed by atoms with Gasteiger partial charge in [-0.25, -0.2) is 0 Å². The van der Waals surface area contributed by atoms with Gasteiger partial charge in [0.05, 0.1) is 0 Å². The van der Waals surface area contributed by atoms with E-state index in [0.29, 0.717) is 0 Å². The first-order valence-electron chi connectivity index (χ1n) is 5.96. The van der Waals surface area contributed by atoms with Crippen molar-refractivity contribution in [1.29, 1.82) is 0 Å². The number of hydrogen-bond donors (Lipinski definition) is 0. The van der Waals surface area contributed by atoms with Crippen LogP contribution in [-0.4, -0.2) is 62.8 Å². The van der Waals surface area contributed by atoms with Gasteiger partial charge >= 0.3 is 0 Å². The lowest BCUT2D eigenvalue weighted by molar-refractivity contribution is -0.149. The minimum Gasteiger partial charge on any atom is -0.279 e. The second-order valence-electron chi connectivity index (χ2n) is 5.35.